The molecule has 1 unspecified atom stereocenters. The molecule has 15 heavy (non-hydrogen) atoms. The molecule has 0 bridgehead atoms. The van der Waals surface area contributed by atoms with Crippen molar-refractivity contribution in [3.8, 4) is 0 Å². The van der Waals surface area contributed by atoms with E-state index in [0.717, 1.165) is 11.1 Å². The molecule has 0 spiro atoms. The van der Waals surface area contributed by atoms with E-state index >= 15 is 0 Å². The van der Waals surface area contributed by atoms with Crippen molar-refractivity contribution in [2.75, 3.05) is 0 Å². The largest absolute Gasteiger partial charge is 0.466 e. The van der Waals surface area contributed by atoms with Gasteiger partial charge in [0.2, 0.25) is 0 Å². The van der Waals surface area contributed by atoms with Crippen LogP contribution in [0.15, 0.2) is 41.0 Å². The summed E-state index contributed by atoms with van der Waals surface area (Å²) < 4.78 is 5.19. The van der Waals surface area contributed by atoms with Gasteiger partial charge in [0, 0.05) is 0 Å². The molecule has 0 radical (unpaired) electrons. The van der Waals surface area contributed by atoms with Gasteiger partial charge in [-0.05, 0) is 42.7 Å². The Balaban J connectivity index is 2.42. The smallest absolute Gasteiger partial charge is 0.137 e. The Kier molecular flexibility index (Phi) is 2.60. The number of aryl methyl sites for hydroxylation is 1. The summed E-state index contributed by atoms with van der Waals surface area (Å²) in [7, 11) is 0. The lowest BCUT2D eigenvalue weighted by atomic mass is 9.98. The zero-order valence-corrected chi connectivity index (χ0v) is 8.90. The first-order valence-electron chi connectivity index (χ1n) is 4.97. The van der Waals surface area contributed by atoms with Crippen molar-refractivity contribution in [3.05, 3.63) is 59.0 Å². The van der Waals surface area contributed by atoms with Gasteiger partial charge in [0.05, 0.1) is 6.26 Å². The first kappa shape index (κ1) is 9.99. The van der Waals surface area contributed by atoms with Gasteiger partial charge in [0.25, 0.3) is 0 Å². The standard InChI is InChI=1S/C13H14O2/c1-9-5-3-6-11(10(9)2)13(14)12-7-4-8-15-12/h3-8,13-14H,1-2H3. The van der Waals surface area contributed by atoms with Gasteiger partial charge in [-0.2, -0.15) is 0 Å². The van der Waals surface area contributed by atoms with E-state index in [9.17, 15) is 5.11 Å². The molecule has 78 valence electrons. The first-order chi connectivity index (χ1) is 7.20. The Bertz CT molecular complexity index is 444. The Morgan fingerprint density at radius 3 is 2.60 bits per heavy atom. The van der Waals surface area contributed by atoms with Crippen molar-refractivity contribution in [2.45, 2.75) is 20.0 Å². The summed E-state index contributed by atoms with van der Waals surface area (Å²) in [5.74, 6) is 0.587. The van der Waals surface area contributed by atoms with Gasteiger partial charge < -0.3 is 9.52 Å². The quantitative estimate of drug-likeness (QED) is 0.812. The third kappa shape index (κ3) is 1.81. The molecule has 0 aliphatic heterocycles. The van der Waals surface area contributed by atoms with Crippen LogP contribution < -0.4 is 0 Å². The van der Waals surface area contributed by atoms with Gasteiger partial charge in [0.15, 0.2) is 0 Å². The van der Waals surface area contributed by atoms with Crippen LogP contribution in [-0.4, -0.2) is 5.11 Å². The van der Waals surface area contributed by atoms with Crippen LogP contribution in [0.25, 0.3) is 0 Å². The molecule has 0 saturated carbocycles. The van der Waals surface area contributed by atoms with Crippen molar-refractivity contribution in [1.29, 1.82) is 0 Å². The normalized spacial score (nSPS) is 12.7. The number of hydrogen-bond donors (Lipinski definition) is 1. The van der Waals surface area contributed by atoms with Gasteiger partial charge in [0.1, 0.15) is 11.9 Å². The molecule has 1 N–H and O–H groups in total. The van der Waals surface area contributed by atoms with Crippen LogP contribution in [0, 0.1) is 13.8 Å². The molecule has 1 atom stereocenters. The van der Waals surface area contributed by atoms with E-state index in [0.29, 0.717) is 5.76 Å². The number of benzene rings is 1. The van der Waals surface area contributed by atoms with E-state index in [1.807, 2.05) is 32.0 Å². The summed E-state index contributed by atoms with van der Waals surface area (Å²) in [6.45, 7) is 4.05. The number of furan rings is 1. The molecular weight excluding hydrogens is 188 g/mol. The fourth-order valence-corrected chi connectivity index (χ4v) is 1.67. The summed E-state index contributed by atoms with van der Waals surface area (Å²) in [6, 6.07) is 9.48. The minimum atomic E-state index is -0.667. The van der Waals surface area contributed by atoms with Crippen molar-refractivity contribution >= 4 is 0 Å². The average molecular weight is 202 g/mol. The van der Waals surface area contributed by atoms with E-state index in [1.54, 1.807) is 18.4 Å². The molecule has 0 fully saturated rings. The van der Waals surface area contributed by atoms with Crippen molar-refractivity contribution < 1.29 is 9.52 Å². The monoisotopic (exact) mass is 202 g/mol. The average Bonchev–Trinajstić information content (AvgIpc) is 2.74. The fourth-order valence-electron chi connectivity index (χ4n) is 1.67. The Hall–Kier alpha value is -1.54. The maximum Gasteiger partial charge on any atom is 0.137 e. The third-order valence-electron chi connectivity index (χ3n) is 2.75. The molecule has 0 aliphatic rings. The predicted molar refractivity (Wildman–Crippen MR) is 58.7 cm³/mol. The second-order valence-corrected chi connectivity index (χ2v) is 3.71. The summed E-state index contributed by atoms with van der Waals surface area (Å²) in [5.41, 5.74) is 3.20. The molecule has 0 aliphatic carbocycles. The second kappa shape index (κ2) is 3.91. The number of rotatable bonds is 2. The highest BCUT2D eigenvalue weighted by molar-refractivity contribution is 5.37. The highest BCUT2D eigenvalue weighted by Gasteiger charge is 2.15. The summed E-state index contributed by atoms with van der Waals surface area (Å²) in [6.07, 6.45) is 0.906. The Morgan fingerprint density at radius 2 is 1.93 bits per heavy atom. The first-order valence-corrected chi connectivity index (χ1v) is 4.97. The summed E-state index contributed by atoms with van der Waals surface area (Å²) in [5, 5.41) is 10.1. The van der Waals surface area contributed by atoms with E-state index < -0.39 is 6.10 Å². The SMILES string of the molecule is Cc1cccc(C(O)c2ccco2)c1C. The van der Waals surface area contributed by atoms with Gasteiger partial charge >= 0.3 is 0 Å². The highest BCUT2D eigenvalue weighted by Crippen LogP contribution is 2.26. The van der Waals surface area contributed by atoms with E-state index in [4.69, 9.17) is 4.42 Å². The molecule has 1 aromatic carbocycles. The summed E-state index contributed by atoms with van der Waals surface area (Å²) in [4.78, 5) is 0. The van der Waals surface area contributed by atoms with Crippen LogP contribution in [0.1, 0.15) is 28.6 Å². The van der Waals surface area contributed by atoms with Crippen LogP contribution in [0.2, 0.25) is 0 Å². The maximum atomic E-state index is 10.1. The minimum absolute atomic E-state index is 0.587. The predicted octanol–water partition coefficient (Wildman–Crippen LogP) is 2.98. The number of hydrogen-bond acceptors (Lipinski definition) is 2. The lowest BCUT2D eigenvalue weighted by Crippen LogP contribution is -2.01. The third-order valence-corrected chi connectivity index (χ3v) is 2.75. The van der Waals surface area contributed by atoms with E-state index in [2.05, 4.69) is 0 Å². The minimum Gasteiger partial charge on any atom is -0.466 e. The van der Waals surface area contributed by atoms with E-state index in [1.165, 1.54) is 5.56 Å². The van der Waals surface area contributed by atoms with Crippen molar-refractivity contribution in [2.24, 2.45) is 0 Å². The molecule has 1 aromatic heterocycles. The molecule has 0 saturated heterocycles. The lowest BCUT2D eigenvalue weighted by Gasteiger charge is -2.12. The topological polar surface area (TPSA) is 33.4 Å². The zero-order valence-electron chi connectivity index (χ0n) is 8.90. The van der Waals surface area contributed by atoms with Crippen molar-refractivity contribution in [3.63, 3.8) is 0 Å². The van der Waals surface area contributed by atoms with Gasteiger partial charge in [-0.25, -0.2) is 0 Å². The van der Waals surface area contributed by atoms with Crippen LogP contribution in [0.5, 0.6) is 0 Å². The fraction of sp³-hybridized carbons (Fsp3) is 0.231. The van der Waals surface area contributed by atoms with Crippen LogP contribution in [0.3, 0.4) is 0 Å². The highest BCUT2D eigenvalue weighted by atomic mass is 16.4. The van der Waals surface area contributed by atoms with Gasteiger partial charge in [-0.3, -0.25) is 0 Å². The maximum absolute atomic E-state index is 10.1. The van der Waals surface area contributed by atoms with Crippen LogP contribution in [-0.2, 0) is 0 Å². The molecule has 1 heterocycles. The molecular formula is C13H14O2. The lowest BCUT2D eigenvalue weighted by molar-refractivity contribution is 0.188. The van der Waals surface area contributed by atoms with Crippen LogP contribution >= 0.6 is 0 Å². The Labute approximate surface area is 89.2 Å². The number of aliphatic hydroxyl groups excluding tert-OH is 1. The van der Waals surface area contributed by atoms with Crippen LogP contribution in [0.4, 0.5) is 0 Å². The van der Waals surface area contributed by atoms with Gasteiger partial charge in [-0.15, -0.1) is 0 Å². The molecule has 0 amide bonds. The zero-order chi connectivity index (χ0) is 10.8. The van der Waals surface area contributed by atoms with E-state index in [-0.39, 0.29) is 0 Å². The molecule has 2 nitrogen and oxygen atoms in total. The Morgan fingerprint density at radius 1 is 1.13 bits per heavy atom. The summed E-state index contributed by atoms with van der Waals surface area (Å²) >= 11 is 0. The molecule has 2 heteroatoms. The number of aliphatic hydroxyl groups is 1. The van der Waals surface area contributed by atoms with Crippen molar-refractivity contribution in [1.82, 2.24) is 0 Å². The van der Waals surface area contributed by atoms with Gasteiger partial charge in [-0.1, -0.05) is 18.2 Å². The molecule has 2 rings (SSSR count). The second-order valence-electron chi connectivity index (χ2n) is 3.71. The molecule has 2 aromatic rings.